The predicted octanol–water partition coefficient (Wildman–Crippen LogP) is 3.13. The second kappa shape index (κ2) is 7.48. The van der Waals surface area contributed by atoms with Crippen LogP contribution < -0.4 is 5.32 Å². The van der Waals surface area contributed by atoms with Crippen molar-refractivity contribution >= 4 is 11.6 Å². The quantitative estimate of drug-likeness (QED) is 0.676. The van der Waals surface area contributed by atoms with Gasteiger partial charge in [0.15, 0.2) is 5.69 Å². The minimum atomic E-state index is -0.191. The van der Waals surface area contributed by atoms with Crippen LogP contribution in [0.2, 0.25) is 0 Å². The number of amides is 1. The fraction of sp³-hybridized carbons (Fsp3) is 0.409. The highest BCUT2D eigenvalue weighted by Crippen LogP contribution is 2.36. The van der Waals surface area contributed by atoms with Gasteiger partial charge in [-0.05, 0) is 37.9 Å². The number of benzene rings is 1. The standard InChI is InChI=1S/C22H28N6O/c1-22(2)10-17-18(11-22)25-26-20(17)21(29)24-16-12-23-28(13-16)19(14-27(3)4)15-8-6-5-7-9-15/h5-9,12-13,19H,10-11,14H2,1-4H3,(H,24,29)(H,25,26). The minimum Gasteiger partial charge on any atom is -0.318 e. The summed E-state index contributed by atoms with van der Waals surface area (Å²) >= 11 is 0. The molecule has 7 nitrogen and oxygen atoms in total. The molecule has 3 aromatic rings. The van der Waals surface area contributed by atoms with Crippen molar-refractivity contribution in [3.05, 3.63) is 65.2 Å². The molecule has 1 amide bonds. The number of likely N-dealkylation sites (N-methyl/N-ethyl adjacent to an activating group) is 1. The molecule has 1 atom stereocenters. The van der Waals surface area contributed by atoms with Crippen molar-refractivity contribution in [1.29, 1.82) is 0 Å². The maximum Gasteiger partial charge on any atom is 0.276 e. The first-order valence-corrected chi connectivity index (χ1v) is 9.94. The summed E-state index contributed by atoms with van der Waals surface area (Å²) in [5, 5.41) is 14.8. The molecule has 4 rings (SSSR count). The van der Waals surface area contributed by atoms with Gasteiger partial charge < -0.3 is 10.2 Å². The molecule has 29 heavy (non-hydrogen) atoms. The number of rotatable bonds is 6. The van der Waals surface area contributed by atoms with Gasteiger partial charge in [-0.25, -0.2) is 0 Å². The van der Waals surface area contributed by atoms with E-state index in [1.54, 1.807) is 6.20 Å². The predicted molar refractivity (Wildman–Crippen MR) is 113 cm³/mol. The van der Waals surface area contributed by atoms with Crippen LogP contribution in [-0.4, -0.2) is 51.4 Å². The lowest BCUT2D eigenvalue weighted by Gasteiger charge is -2.22. The van der Waals surface area contributed by atoms with Gasteiger partial charge in [-0.1, -0.05) is 44.2 Å². The second-order valence-electron chi connectivity index (χ2n) is 8.90. The highest BCUT2D eigenvalue weighted by Gasteiger charge is 2.34. The average Bonchev–Trinajstić information content (AvgIpc) is 3.34. The molecule has 0 bridgehead atoms. The van der Waals surface area contributed by atoms with Crippen molar-refractivity contribution in [3.8, 4) is 0 Å². The molecule has 2 N–H and O–H groups in total. The van der Waals surface area contributed by atoms with Crippen LogP contribution in [0.3, 0.4) is 0 Å². The minimum absolute atomic E-state index is 0.0623. The Morgan fingerprint density at radius 2 is 2.03 bits per heavy atom. The van der Waals surface area contributed by atoms with Gasteiger partial charge in [0.1, 0.15) is 0 Å². The van der Waals surface area contributed by atoms with Crippen molar-refractivity contribution in [1.82, 2.24) is 24.9 Å². The Hall–Kier alpha value is -2.93. The molecule has 152 valence electrons. The van der Waals surface area contributed by atoms with Gasteiger partial charge in [-0.2, -0.15) is 10.2 Å². The number of nitrogens with zero attached hydrogens (tertiary/aromatic N) is 4. The normalized spacial score (nSPS) is 16.0. The summed E-state index contributed by atoms with van der Waals surface area (Å²) in [5.41, 5.74) is 4.61. The van der Waals surface area contributed by atoms with E-state index in [0.717, 1.165) is 30.6 Å². The summed E-state index contributed by atoms with van der Waals surface area (Å²) in [7, 11) is 4.09. The third kappa shape index (κ3) is 4.10. The Bertz CT molecular complexity index is 1000. The van der Waals surface area contributed by atoms with E-state index < -0.39 is 0 Å². The molecule has 0 saturated carbocycles. The number of aromatic amines is 1. The fourth-order valence-corrected chi connectivity index (χ4v) is 4.07. The average molecular weight is 393 g/mol. The summed E-state index contributed by atoms with van der Waals surface area (Å²) in [5.74, 6) is -0.191. The Morgan fingerprint density at radius 3 is 2.76 bits per heavy atom. The van der Waals surface area contributed by atoms with Crippen molar-refractivity contribution in [3.63, 3.8) is 0 Å². The first-order chi connectivity index (χ1) is 13.8. The van der Waals surface area contributed by atoms with Crippen LogP contribution in [-0.2, 0) is 12.8 Å². The highest BCUT2D eigenvalue weighted by atomic mass is 16.2. The van der Waals surface area contributed by atoms with E-state index in [2.05, 4.69) is 51.5 Å². The molecule has 0 aliphatic heterocycles. The molecule has 1 aromatic carbocycles. The molecule has 1 aliphatic rings. The number of aromatic nitrogens is 4. The molecule has 2 heterocycles. The van der Waals surface area contributed by atoms with E-state index in [9.17, 15) is 4.79 Å². The Labute approximate surface area is 171 Å². The second-order valence-corrected chi connectivity index (χ2v) is 8.90. The van der Waals surface area contributed by atoms with E-state index >= 15 is 0 Å². The number of carbonyl (C=O) groups excluding carboxylic acids is 1. The molecular formula is C22H28N6O. The van der Waals surface area contributed by atoms with E-state index in [0.29, 0.717) is 11.4 Å². The maximum absolute atomic E-state index is 12.8. The van der Waals surface area contributed by atoms with E-state index in [1.165, 1.54) is 5.56 Å². The lowest BCUT2D eigenvalue weighted by molar-refractivity contribution is 0.102. The van der Waals surface area contributed by atoms with Crippen LogP contribution in [0.1, 0.15) is 47.2 Å². The van der Waals surface area contributed by atoms with Crippen LogP contribution in [0.5, 0.6) is 0 Å². The molecule has 0 saturated heterocycles. The lowest BCUT2D eigenvalue weighted by Crippen LogP contribution is -2.25. The third-order valence-corrected chi connectivity index (χ3v) is 5.38. The zero-order chi connectivity index (χ0) is 20.6. The molecule has 7 heteroatoms. The monoisotopic (exact) mass is 392 g/mol. The van der Waals surface area contributed by atoms with Crippen molar-refractivity contribution in [2.24, 2.45) is 5.41 Å². The smallest absolute Gasteiger partial charge is 0.276 e. The zero-order valence-electron chi connectivity index (χ0n) is 17.4. The third-order valence-electron chi connectivity index (χ3n) is 5.38. The van der Waals surface area contributed by atoms with Crippen LogP contribution >= 0.6 is 0 Å². The largest absolute Gasteiger partial charge is 0.318 e. The molecule has 0 spiro atoms. The number of anilines is 1. The summed E-state index contributed by atoms with van der Waals surface area (Å²) in [6.45, 7) is 5.23. The van der Waals surface area contributed by atoms with E-state index in [1.807, 2.05) is 43.2 Å². The highest BCUT2D eigenvalue weighted by molar-refractivity contribution is 6.04. The number of fused-ring (bicyclic) bond motifs is 1. The van der Waals surface area contributed by atoms with Gasteiger partial charge in [0, 0.05) is 24.0 Å². The fourth-order valence-electron chi connectivity index (χ4n) is 4.07. The lowest BCUT2D eigenvalue weighted by atomic mass is 9.90. The van der Waals surface area contributed by atoms with Gasteiger partial charge in [-0.15, -0.1) is 0 Å². The maximum atomic E-state index is 12.8. The number of H-pyrrole nitrogens is 1. The number of nitrogens with one attached hydrogen (secondary N) is 2. The van der Waals surface area contributed by atoms with Crippen molar-refractivity contribution in [2.45, 2.75) is 32.7 Å². The summed E-state index contributed by atoms with van der Waals surface area (Å²) < 4.78 is 1.91. The molecule has 1 aliphatic carbocycles. The van der Waals surface area contributed by atoms with Gasteiger partial charge in [0.25, 0.3) is 5.91 Å². The first-order valence-electron chi connectivity index (χ1n) is 9.94. The number of hydrogen-bond donors (Lipinski definition) is 2. The van der Waals surface area contributed by atoms with Crippen LogP contribution in [0, 0.1) is 5.41 Å². The zero-order valence-corrected chi connectivity index (χ0v) is 17.4. The first kappa shape index (κ1) is 19.4. The Kier molecular flexibility index (Phi) is 5.00. The van der Waals surface area contributed by atoms with Gasteiger partial charge in [0.2, 0.25) is 0 Å². The van der Waals surface area contributed by atoms with Crippen molar-refractivity contribution < 1.29 is 4.79 Å². The number of hydrogen-bond acceptors (Lipinski definition) is 4. The molecule has 2 aromatic heterocycles. The number of carbonyl (C=O) groups is 1. The van der Waals surface area contributed by atoms with Crippen LogP contribution in [0.4, 0.5) is 5.69 Å². The van der Waals surface area contributed by atoms with E-state index in [-0.39, 0.29) is 17.4 Å². The van der Waals surface area contributed by atoms with Crippen molar-refractivity contribution in [2.75, 3.05) is 26.0 Å². The van der Waals surface area contributed by atoms with Crippen LogP contribution in [0.15, 0.2) is 42.7 Å². The SMILES string of the molecule is CN(C)CC(c1ccccc1)n1cc(NC(=O)c2n[nH]c3c2CC(C)(C)C3)cn1. The summed E-state index contributed by atoms with van der Waals surface area (Å²) in [4.78, 5) is 15.0. The molecule has 0 fully saturated rings. The van der Waals surface area contributed by atoms with Gasteiger partial charge >= 0.3 is 0 Å². The summed E-state index contributed by atoms with van der Waals surface area (Å²) in [6.07, 6.45) is 5.36. The van der Waals surface area contributed by atoms with Crippen LogP contribution in [0.25, 0.3) is 0 Å². The van der Waals surface area contributed by atoms with E-state index in [4.69, 9.17) is 0 Å². The molecular weight excluding hydrogens is 364 g/mol. The van der Waals surface area contributed by atoms with Gasteiger partial charge in [0.05, 0.1) is 17.9 Å². The Balaban J connectivity index is 1.53. The topological polar surface area (TPSA) is 78.8 Å². The van der Waals surface area contributed by atoms with Gasteiger partial charge in [-0.3, -0.25) is 14.6 Å². The molecule has 1 unspecified atom stereocenters. The Morgan fingerprint density at radius 1 is 1.28 bits per heavy atom. The molecule has 0 radical (unpaired) electrons. The summed E-state index contributed by atoms with van der Waals surface area (Å²) in [6, 6.07) is 10.3.